The molecule has 0 radical (unpaired) electrons. The lowest BCUT2D eigenvalue weighted by molar-refractivity contribution is 0.907. The van der Waals surface area contributed by atoms with Gasteiger partial charge >= 0.3 is 0 Å². The van der Waals surface area contributed by atoms with Gasteiger partial charge in [-0.25, -0.2) is 4.99 Å². The van der Waals surface area contributed by atoms with Crippen LogP contribution in [-0.2, 0) is 0 Å². The summed E-state index contributed by atoms with van der Waals surface area (Å²) in [6.07, 6.45) is 1.88. The van der Waals surface area contributed by atoms with Crippen LogP contribution in [0.4, 0.5) is 5.13 Å². The van der Waals surface area contributed by atoms with Crippen LogP contribution in [0, 0.1) is 9.87 Å². The second-order valence-corrected chi connectivity index (χ2v) is 5.08. The molecule has 60 valence electrons. The summed E-state index contributed by atoms with van der Waals surface area (Å²) in [7, 11) is 3.01. The Kier molecular flexibility index (Phi) is 3.29. The number of nitrogens with zero attached hydrogens (tertiary/aromatic N) is 2. The third-order valence-corrected chi connectivity index (χ3v) is 3.35. The summed E-state index contributed by atoms with van der Waals surface area (Å²) < 4.78 is 0.672. The van der Waals surface area contributed by atoms with Gasteiger partial charge in [-0.3, -0.25) is 0 Å². The fourth-order valence-electron chi connectivity index (χ4n) is 0.451. The number of rotatable bonds is 2. The molecule has 0 aliphatic carbocycles. The number of hydrogen-bond acceptors (Lipinski definition) is 5. The standard InChI is InChI=1S/C6H8N2S3/c1-4(2)3-7-5-8-6(9)11-10-5/h3-4H,1-2H3. The van der Waals surface area contributed by atoms with E-state index in [9.17, 15) is 0 Å². The zero-order valence-corrected chi connectivity index (χ0v) is 8.72. The molecule has 0 fully saturated rings. The molecule has 0 N–H and O–H groups in total. The van der Waals surface area contributed by atoms with E-state index in [4.69, 9.17) is 12.2 Å². The first-order chi connectivity index (χ1) is 5.18. The van der Waals surface area contributed by atoms with Crippen molar-refractivity contribution in [3.05, 3.63) is 3.95 Å². The van der Waals surface area contributed by atoms with Gasteiger partial charge in [-0.1, -0.05) is 13.8 Å². The summed E-state index contributed by atoms with van der Waals surface area (Å²) in [5.74, 6) is 0.470. The Bertz CT molecular complexity index is 297. The van der Waals surface area contributed by atoms with E-state index < -0.39 is 0 Å². The first kappa shape index (κ1) is 8.96. The van der Waals surface area contributed by atoms with E-state index in [1.54, 1.807) is 0 Å². The molecule has 0 unspecified atom stereocenters. The Labute approximate surface area is 78.0 Å². The molecule has 0 aliphatic heterocycles. The van der Waals surface area contributed by atoms with E-state index in [-0.39, 0.29) is 0 Å². The molecule has 1 aromatic heterocycles. The molecule has 1 heterocycles. The van der Waals surface area contributed by atoms with Gasteiger partial charge in [-0.15, -0.1) is 0 Å². The van der Waals surface area contributed by atoms with Crippen molar-refractivity contribution in [2.75, 3.05) is 0 Å². The fraction of sp³-hybridized carbons (Fsp3) is 0.500. The van der Waals surface area contributed by atoms with E-state index in [1.807, 2.05) is 6.21 Å². The van der Waals surface area contributed by atoms with Gasteiger partial charge in [0, 0.05) is 6.21 Å². The highest BCUT2D eigenvalue weighted by Gasteiger charge is 1.92. The third-order valence-electron chi connectivity index (χ3n) is 0.858. The molecular weight excluding hydrogens is 196 g/mol. The quantitative estimate of drug-likeness (QED) is 0.419. The molecule has 0 aromatic carbocycles. The van der Waals surface area contributed by atoms with Gasteiger partial charge in [0.15, 0.2) is 3.95 Å². The summed E-state index contributed by atoms with van der Waals surface area (Å²) in [5.41, 5.74) is 0. The van der Waals surface area contributed by atoms with E-state index in [2.05, 4.69) is 23.8 Å². The molecule has 1 aromatic rings. The van der Waals surface area contributed by atoms with Crippen molar-refractivity contribution in [1.82, 2.24) is 4.98 Å². The van der Waals surface area contributed by atoms with Gasteiger partial charge in [-0.05, 0) is 38.8 Å². The lowest BCUT2D eigenvalue weighted by Crippen LogP contribution is -1.84. The van der Waals surface area contributed by atoms with Crippen LogP contribution in [0.1, 0.15) is 13.8 Å². The minimum atomic E-state index is 0.470. The lowest BCUT2D eigenvalue weighted by Gasteiger charge is -1.88. The van der Waals surface area contributed by atoms with Crippen LogP contribution < -0.4 is 0 Å². The molecule has 0 atom stereocenters. The Morgan fingerprint density at radius 2 is 2.27 bits per heavy atom. The van der Waals surface area contributed by atoms with Crippen LogP contribution in [0.3, 0.4) is 0 Å². The Balaban J connectivity index is 2.72. The molecule has 1 rings (SSSR count). The molecule has 0 bridgehead atoms. The van der Waals surface area contributed by atoms with Crippen molar-refractivity contribution >= 4 is 44.2 Å². The van der Waals surface area contributed by atoms with Crippen molar-refractivity contribution in [2.24, 2.45) is 10.9 Å². The molecule has 0 saturated heterocycles. The highest BCUT2D eigenvalue weighted by atomic mass is 32.9. The molecule has 5 heteroatoms. The molecule has 2 nitrogen and oxygen atoms in total. The highest BCUT2D eigenvalue weighted by molar-refractivity contribution is 7.79. The summed E-state index contributed by atoms with van der Waals surface area (Å²) in [5, 5.41) is 0.772. The molecule has 0 spiro atoms. The largest absolute Gasteiger partial charge is 0.231 e. The summed E-state index contributed by atoms with van der Waals surface area (Å²) in [6, 6.07) is 0. The molecule has 11 heavy (non-hydrogen) atoms. The maximum absolute atomic E-state index is 4.86. The smallest absolute Gasteiger partial charge is 0.220 e. The van der Waals surface area contributed by atoms with Gasteiger partial charge in [0.1, 0.15) is 0 Å². The van der Waals surface area contributed by atoms with Gasteiger partial charge in [0.25, 0.3) is 0 Å². The van der Waals surface area contributed by atoms with Crippen LogP contribution in [-0.4, -0.2) is 11.2 Å². The number of aromatic nitrogens is 1. The molecular formula is C6H8N2S3. The Morgan fingerprint density at radius 3 is 2.73 bits per heavy atom. The summed E-state index contributed by atoms with van der Waals surface area (Å²) >= 11 is 4.86. The SMILES string of the molecule is CC(C)C=Nc1nc(=S)ss1. The molecule has 0 saturated carbocycles. The van der Waals surface area contributed by atoms with Gasteiger partial charge < -0.3 is 0 Å². The zero-order chi connectivity index (χ0) is 8.27. The monoisotopic (exact) mass is 204 g/mol. The van der Waals surface area contributed by atoms with Gasteiger partial charge in [0.05, 0.1) is 0 Å². The van der Waals surface area contributed by atoms with Crippen LogP contribution in [0.5, 0.6) is 0 Å². The van der Waals surface area contributed by atoms with Crippen molar-refractivity contribution in [3.8, 4) is 0 Å². The summed E-state index contributed by atoms with van der Waals surface area (Å²) in [6.45, 7) is 4.16. The third kappa shape index (κ3) is 3.18. The summed E-state index contributed by atoms with van der Waals surface area (Å²) in [4.78, 5) is 8.19. The normalized spacial score (nSPS) is 11.5. The second kappa shape index (κ2) is 4.04. The maximum atomic E-state index is 4.86. The topological polar surface area (TPSA) is 25.2 Å². The minimum absolute atomic E-state index is 0.470. The Morgan fingerprint density at radius 1 is 1.55 bits per heavy atom. The first-order valence-electron chi connectivity index (χ1n) is 3.20. The first-order valence-corrected chi connectivity index (χ1v) is 5.75. The average Bonchev–Trinajstić information content (AvgIpc) is 2.31. The predicted octanol–water partition coefficient (Wildman–Crippen LogP) is 3.29. The fourth-order valence-corrected chi connectivity index (χ4v) is 2.25. The maximum Gasteiger partial charge on any atom is 0.220 e. The molecule has 0 aliphatic rings. The average molecular weight is 204 g/mol. The Hall–Kier alpha value is -0.130. The van der Waals surface area contributed by atoms with Crippen LogP contribution >= 0.6 is 32.9 Å². The van der Waals surface area contributed by atoms with Crippen molar-refractivity contribution < 1.29 is 0 Å². The van der Waals surface area contributed by atoms with Gasteiger partial charge in [0.2, 0.25) is 5.13 Å². The second-order valence-electron chi connectivity index (χ2n) is 2.35. The number of hydrogen-bond donors (Lipinski definition) is 0. The van der Waals surface area contributed by atoms with Crippen molar-refractivity contribution in [3.63, 3.8) is 0 Å². The lowest BCUT2D eigenvalue weighted by atomic mass is 10.3. The minimum Gasteiger partial charge on any atom is -0.231 e. The number of aliphatic imine (C=N–C) groups is 1. The van der Waals surface area contributed by atoms with Crippen LogP contribution in [0.2, 0.25) is 0 Å². The van der Waals surface area contributed by atoms with Crippen molar-refractivity contribution in [2.45, 2.75) is 13.8 Å². The van der Waals surface area contributed by atoms with Crippen LogP contribution in [0.15, 0.2) is 4.99 Å². The van der Waals surface area contributed by atoms with E-state index >= 15 is 0 Å². The van der Waals surface area contributed by atoms with Crippen molar-refractivity contribution in [1.29, 1.82) is 0 Å². The van der Waals surface area contributed by atoms with E-state index in [1.165, 1.54) is 20.7 Å². The highest BCUT2D eigenvalue weighted by Crippen LogP contribution is 2.21. The molecule has 0 amide bonds. The predicted molar refractivity (Wildman–Crippen MR) is 53.8 cm³/mol. The van der Waals surface area contributed by atoms with E-state index in [0.29, 0.717) is 9.87 Å². The van der Waals surface area contributed by atoms with Gasteiger partial charge in [-0.2, -0.15) is 4.98 Å². The zero-order valence-electron chi connectivity index (χ0n) is 6.27. The van der Waals surface area contributed by atoms with Crippen LogP contribution in [0.25, 0.3) is 0 Å². The van der Waals surface area contributed by atoms with E-state index in [0.717, 1.165) is 5.13 Å².